The number of rotatable bonds is 6. The minimum atomic E-state index is -1.26. The molecular weight excluding hydrogens is 464 g/mol. The van der Waals surface area contributed by atoms with E-state index in [1.807, 2.05) is 0 Å². The van der Waals surface area contributed by atoms with E-state index < -0.39 is 24.1 Å². The van der Waals surface area contributed by atoms with E-state index in [1.54, 1.807) is 13.8 Å². The molecule has 2 aliphatic rings. The lowest BCUT2D eigenvalue weighted by molar-refractivity contribution is -0.160. The second-order valence-corrected chi connectivity index (χ2v) is 10.0. The SMILES string of the molecule is CC(O)C(C)OC(=O)C1CC2c3cccc4c3c(cn4C(C)C)CC2N(C)C1.O=C(O)C=CC(=O)O. The number of esters is 1. The smallest absolute Gasteiger partial charge is 0.328 e. The summed E-state index contributed by atoms with van der Waals surface area (Å²) in [6.07, 6.45) is 4.15. The number of ether oxygens (including phenoxy) is 1. The summed E-state index contributed by atoms with van der Waals surface area (Å²) >= 11 is 0. The first-order valence-electron chi connectivity index (χ1n) is 12.3. The minimum Gasteiger partial charge on any atom is -0.478 e. The highest BCUT2D eigenvalue weighted by molar-refractivity contribution is 5.90. The van der Waals surface area contributed by atoms with E-state index in [1.165, 1.54) is 22.0 Å². The van der Waals surface area contributed by atoms with Crippen molar-refractivity contribution in [3.63, 3.8) is 0 Å². The standard InChI is InChI=1S/C23H32N2O3.C4H4O4/c1-13(2)25-12-16-10-21-19(18-7-6-8-20(25)22(16)18)9-17(11-24(21)5)23(27)28-15(4)14(3)26;5-3(6)1-2-4(7)8/h6-8,12-15,17,19,21,26H,9-11H2,1-5H3;1-2H,(H,5,6)(H,7,8). The highest BCUT2D eigenvalue weighted by atomic mass is 16.6. The van der Waals surface area contributed by atoms with Crippen molar-refractivity contribution in [2.75, 3.05) is 13.6 Å². The number of likely N-dealkylation sites (N-methyl/N-ethyl adjacent to an activating group) is 1. The first kappa shape index (κ1) is 27.4. The number of aliphatic hydroxyl groups is 1. The maximum absolute atomic E-state index is 12.8. The molecule has 0 saturated carbocycles. The average Bonchev–Trinajstić information content (AvgIpc) is 3.18. The Kier molecular flexibility index (Phi) is 8.58. The summed E-state index contributed by atoms with van der Waals surface area (Å²) in [5, 5.41) is 26.7. The molecule has 0 radical (unpaired) electrons. The molecule has 3 N–H and O–H groups in total. The van der Waals surface area contributed by atoms with Crippen molar-refractivity contribution in [2.24, 2.45) is 5.92 Å². The molecule has 0 bridgehead atoms. The summed E-state index contributed by atoms with van der Waals surface area (Å²) in [5.41, 5.74) is 4.10. The lowest BCUT2D eigenvalue weighted by Gasteiger charge is -2.45. The van der Waals surface area contributed by atoms with Crippen molar-refractivity contribution in [3.8, 4) is 0 Å². The number of hydrogen-bond acceptors (Lipinski definition) is 6. The monoisotopic (exact) mass is 500 g/mol. The summed E-state index contributed by atoms with van der Waals surface area (Å²) in [6.45, 7) is 8.57. The zero-order chi connectivity index (χ0) is 26.7. The van der Waals surface area contributed by atoms with Crippen LogP contribution < -0.4 is 0 Å². The maximum atomic E-state index is 12.8. The van der Waals surface area contributed by atoms with Crippen LogP contribution in [0.1, 0.15) is 57.2 Å². The molecule has 1 aliphatic carbocycles. The van der Waals surface area contributed by atoms with Crippen LogP contribution in [0.5, 0.6) is 0 Å². The third-order valence-corrected chi connectivity index (χ3v) is 7.11. The van der Waals surface area contributed by atoms with E-state index >= 15 is 0 Å². The molecule has 2 heterocycles. The third kappa shape index (κ3) is 5.96. The van der Waals surface area contributed by atoms with Gasteiger partial charge >= 0.3 is 17.9 Å². The number of nitrogens with zero attached hydrogens (tertiary/aromatic N) is 2. The maximum Gasteiger partial charge on any atom is 0.328 e. The molecular formula is C27H36N2O7. The zero-order valence-corrected chi connectivity index (χ0v) is 21.4. The van der Waals surface area contributed by atoms with Crippen LogP contribution in [-0.4, -0.2) is 74.5 Å². The quantitative estimate of drug-likeness (QED) is 0.407. The molecule has 9 heteroatoms. The molecule has 1 fully saturated rings. The van der Waals surface area contributed by atoms with Gasteiger partial charge in [-0.3, -0.25) is 4.79 Å². The van der Waals surface area contributed by atoms with Gasteiger partial charge in [0.05, 0.1) is 12.0 Å². The first-order chi connectivity index (χ1) is 16.9. The third-order valence-electron chi connectivity index (χ3n) is 7.11. The molecule has 36 heavy (non-hydrogen) atoms. The van der Waals surface area contributed by atoms with Gasteiger partial charge in [0.2, 0.25) is 0 Å². The largest absolute Gasteiger partial charge is 0.478 e. The van der Waals surface area contributed by atoms with Crippen molar-refractivity contribution >= 4 is 28.8 Å². The number of carbonyl (C=O) groups is 3. The lowest BCUT2D eigenvalue weighted by atomic mass is 9.72. The number of piperidine rings is 1. The fourth-order valence-corrected chi connectivity index (χ4v) is 5.19. The van der Waals surface area contributed by atoms with Crippen LogP contribution in [0.25, 0.3) is 10.9 Å². The number of benzene rings is 1. The second kappa shape index (κ2) is 11.3. The van der Waals surface area contributed by atoms with Crippen LogP contribution in [0.2, 0.25) is 0 Å². The van der Waals surface area contributed by atoms with Crippen molar-refractivity contribution in [2.45, 2.75) is 70.7 Å². The van der Waals surface area contributed by atoms with Gasteiger partial charge < -0.3 is 29.5 Å². The Balaban J connectivity index is 0.000000392. The Morgan fingerprint density at radius 1 is 1.08 bits per heavy atom. The van der Waals surface area contributed by atoms with Gasteiger partial charge in [-0.05, 0) is 64.8 Å². The van der Waals surface area contributed by atoms with Gasteiger partial charge in [-0.1, -0.05) is 12.1 Å². The number of aliphatic hydroxyl groups excluding tert-OH is 1. The molecule has 196 valence electrons. The van der Waals surface area contributed by atoms with Crippen LogP contribution in [-0.2, 0) is 25.5 Å². The Bertz CT molecular complexity index is 1130. The van der Waals surface area contributed by atoms with Crippen LogP contribution in [0.3, 0.4) is 0 Å². The average molecular weight is 501 g/mol. The number of likely N-dealkylation sites (tertiary alicyclic amines) is 1. The summed E-state index contributed by atoms with van der Waals surface area (Å²) in [6, 6.07) is 7.45. The highest BCUT2D eigenvalue weighted by Crippen LogP contribution is 2.45. The van der Waals surface area contributed by atoms with Crippen LogP contribution in [0, 0.1) is 5.92 Å². The lowest BCUT2D eigenvalue weighted by Crippen LogP contribution is -2.50. The molecule has 1 aromatic heterocycles. The Labute approximate surface area is 211 Å². The van der Waals surface area contributed by atoms with E-state index in [-0.39, 0.29) is 11.9 Å². The zero-order valence-electron chi connectivity index (χ0n) is 21.4. The number of aliphatic carboxylic acids is 2. The first-order valence-corrected chi connectivity index (χ1v) is 12.3. The van der Waals surface area contributed by atoms with Crippen LogP contribution in [0.15, 0.2) is 36.5 Å². The molecule has 4 rings (SSSR count). The van der Waals surface area contributed by atoms with E-state index in [9.17, 15) is 19.5 Å². The summed E-state index contributed by atoms with van der Waals surface area (Å²) in [5.74, 6) is -2.52. The topological polar surface area (TPSA) is 129 Å². The Morgan fingerprint density at radius 2 is 1.72 bits per heavy atom. The molecule has 2 aromatic rings. The number of carboxylic acid groups (broad SMARTS) is 2. The predicted molar refractivity (Wildman–Crippen MR) is 135 cm³/mol. The molecule has 5 atom stereocenters. The number of hydrogen-bond donors (Lipinski definition) is 3. The van der Waals surface area contributed by atoms with E-state index in [2.05, 4.69) is 54.8 Å². The van der Waals surface area contributed by atoms with E-state index in [0.717, 1.165) is 12.8 Å². The Hall–Kier alpha value is -3.17. The van der Waals surface area contributed by atoms with Gasteiger partial charge in [-0.2, -0.15) is 0 Å². The van der Waals surface area contributed by atoms with Crippen molar-refractivity contribution < 1.29 is 34.4 Å². The van der Waals surface area contributed by atoms with Crippen LogP contribution in [0.4, 0.5) is 0 Å². The van der Waals surface area contributed by atoms with Gasteiger partial charge in [0.25, 0.3) is 0 Å². The van der Waals surface area contributed by atoms with Crippen LogP contribution >= 0.6 is 0 Å². The van der Waals surface area contributed by atoms with Crippen molar-refractivity contribution in [1.29, 1.82) is 0 Å². The fourth-order valence-electron chi connectivity index (χ4n) is 5.19. The molecule has 1 aliphatic heterocycles. The van der Waals surface area contributed by atoms with E-state index in [0.29, 0.717) is 36.7 Å². The normalized spacial score (nSPS) is 23.0. The van der Waals surface area contributed by atoms with Gasteiger partial charge in [-0.15, -0.1) is 0 Å². The summed E-state index contributed by atoms with van der Waals surface area (Å²) in [7, 11) is 2.12. The van der Waals surface area contributed by atoms with Crippen molar-refractivity contribution in [3.05, 3.63) is 47.7 Å². The van der Waals surface area contributed by atoms with Crippen molar-refractivity contribution in [1.82, 2.24) is 9.47 Å². The van der Waals surface area contributed by atoms with Gasteiger partial charge in [0.15, 0.2) is 0 Å². The molecule has 0 spiro atoms. The minimum absolute atomic E-state index is 0.156. The van der Waals surface area contributed by atoms with Gasteiger partial charge in [0, 0.05) is 53.8 Å². The number of carbonyl (C=O) groups excluding carboxylic acids is 1. The Morgan fingerprint density at radius 3 is 2.28 bits per heavy atom. The molecule has 0 amide bonds. The number of fused-ring (bicyclic) bond motifs is 2. The highest BCUT2D eigenvalue weighted by Gasteiger charge is 2.42. The molecule has 9 nitrogen and oxygen atoms in total. The number of aromatic nitrogens is 1. The summed E-state index contributed by atoms with van der Waals surface area (Å²) < 4.78 is 7.91. The summed E-state index contributed by atoms with van der Waals surface area (Å²) in [4.78, 5) is 34.2. The van der Waals surface area contributed by atoms with Gasteiger partial charge in [0.1, 0.15) is 6.10 Å². The van der Waals surface area contributed by atoms with Gasteiger partial charge in [-0.25, -0.2) is 9.59 Å². The van der Waals surface area contributed by atoms with E-state index in [4.69, 9.17) is 14.9 Å². The number of carboxylic acids is 2. The molecule has 1 saturated heterocycles. The predicted octanol–water partition coefficient (Wildman–Crippen LogP) is 3.21. The fraction of sp³-hybridized carbons (Fsp3) is 0.519. The second-order valence-electron chi connectivity index (χ2n) is 10.0. The molecule has 5 unspecified atom stereocenters. The molecule has 1 aromatic carbocycles.